The van der Waals surface area contributed by atoms with Gasteiger partial charge in [0, 0.05) is 22.2 Å². The first-order valence-electron chi connectivity index (χ1n) is 11.0. The first-order chi connectivity index (χ1) is 17.0. The summed E-state index contributed by atoms with van der Waals surface area (Å²) >= 11 is 1.32. The zero-order chi connectivity index (χ0) is 24.4. The lowest BCUT2D eigenvalue weighted by atomic mass is 10.1. The predicted molar refractivity (Wildman–Crippen MR) is 137 cm³/mol. The first-order valence-corrected chi connectivity index (χ1v) is 11.9. The molecule has 2 heterocycles. The number of H-pyrrole nitrogens is 1. The number of benzene rings is 3. The Balaban J connectivity index is 1.17. The lowest BCUT2D eigenvalue weighted by molar-refractivity contribution is -0.119. The summed E-state index contributed by atoms with van der Waals surface area (Å²) in [5.74, 6) is -0.281. The SMILES string of the molecule is Cc1nc(-c2ccc(C(=O)OCC(=O)Nc3nc(-c4ccc5ccccc5c4)cs3)cc2)[nH]c1C. The van der Waals surface area contributed by atoms with Crippen LogP contribution in [0, 0.1) is 13.8 Å². The Morgan fingerprint density at radius 3 is 2.43 bits per heavy atom. The van der Waals surface area contributed by atoms with E-state index in [1.807, 2.05) is 43.5 Å². The topological polar surface area (TPSA) is 97.0 Å². The summed E-state index contributed by atoms with van der Waals surface area (Å²) < 4.78 is 5.17. The molecule has 0 unspecified atom stereocenters. The van der Waals surface area contributed by atoms with Crippen molar-refractivity contribution in [2.24, 2.45) is 0 Å². The van der Waals surface area contributed by atoms with E-state index in [0.717, 1.165) is 44.8 Å². The summed E-state index contributed by atoms with van der Waals surface area (Å²) in [7, 11) is 0. The van der Waals surface area contributed by atoms with Crippen LogP contribution in [-0.2, 0) is 9.53 Å². The van der Waals surface area contributed by atoms with Gasteiger partial charge < -0.3 is 9.72 Å². The molecule has 2 N–H and O–H groups in total. The summed E-state index contributed by atoms with van der Waals surface area (Å²) in [5.41, 5.74) is 4.89. The van der Waals surface area contributed by atoms with Crippen molar-refractivity contribution in [3.63, 3.8) is 0 Å². The van der Waals surface area contributed by atoms with Crippen molar-refractivity contribution in [1.82, 2.24) is 15.0 Å². The van der Waals surface area contributed by atoms with E-state index in [2.05, 4.69) is 38.5 Å². The second-order valence-corrected chi connectivity index (χ2v) is 8.96. The Labute approximate surface area is 205 Å². The summed E-state index contributed by atoms with van der Waals surface area (Å²) in [6.45, 7) is 3.49. The molecule has 2 aromatic heterocycles. The van der Waals surface area contributed by atoms with Crippen molar-refractivity contribution in [2.45, 2.75) is 13.8 Å². The van der Waals surface area contributed by atoms with Gasteiger partial charge >= 0.3 is 5.97 Å². The van der Waals surface area contributed by atoms with Crippen molar-refractivity contribution in [1.29, 1.82) is 0 Å². The van der Waals surface area contributed by atoms with Gasteiger partial charge in [0.2, 0.25) is 0 Å². The lowest BCUT2D eigenvalue weighted by Gasteiger charge is -2.05. The highest BCUT2D eigenvalue weighted by molar-refractivity contribution is 7.14. The maximum absolute atomic E-state index is 12.4. The third-order valence-electron chi connectivity index (χ3n) is 5.65. The summed E-state index contributed by atoms with van der Waals surface area (Å²) in [4.78, 5) is 36.8. The van der Waals surface area contributed by atoms with Gasteiger partial charge in [-0.05, 0) is 42.8 Å². The first kappa shape index (κ1) is 22.5. The number of carbonyl (C=O) groups excluding carboxylic acids is 2. The minimum Gasteiger partial charge on any atom is -0.452 e. The molecule has 5 aromatic rings. The number of nitrogens with one attached hydrogen (secondary N) is 2. The van der Waals surface area contributed by atoms with Crippen molar-refractivity contribution >= 4 is 39.1 Å². The number of imidazole rings is 1. The molecule has 174 valence electrons. The van der Waals surface area contributed by atoms with Gasteiger partial charge in [0.05, 0.1) is 17.0 Å². The van der Waals surface area contributed by atoms with Gasteiger partial charge in [-0.15, -0.1) is 11.3 Å². The molecule has 0 aliphatic carbocycles. The highest BCUT2D eigenvalue weighted by Crippen LogP contribution is 2.27. The fourth-order valence-corrected chi connectivity index (χ4v) is 4.37. The maximum Gasteiger partial charge on any atom is 0.338 e. The quantitative estimate of drug-likeness (QED) is 0.300. The van der Waals surface area contributed by atoms with E-state index in [0.29, 0.717) is 10.7 Å². The third-order valence-corrected chi connectivity index (χ3v) is 6.41. The molecule has 0 saturated carbocycles. The summed E-state index contributed by atoms with van der Waals surface area (Å²) in [5, 5.41) is 7.30. The van der Waals surface area contributed by atoms with Crippen molar-refractivity contribution < 1.29 is 14.3 Å². The number of aromatic amines is 1. The van der Waals surface area contributed by atoms with Crippen LogP contribution in [0.2, 0.25) is 0 Å². The number of aryl methyl sites for hydroxylation is 2. The van der Waals surface area contributed by atoms with Crippen LogP contribution in [0.25, 0.3) is 33.4 Å². The van der Waals surface area contributed by atoms with Crippen LogP contribution in [0.15, 0.2) is 72.1 Å². The number of esters is 1. The highest BCUT2D eigenvalue weighted by Gasteiger charge is 2.13. The number of anilines is 1. The lowest BCUT2D eigenvalue weighted by Crippen LogP contribution is -2.20. The average molecular weight is 483 g/mol. The zero-order valence-electron chi connectivity index (χ0n) is 19.2. The number of fused-ring (bicyclic) bond motifs is 1. The van der Waals surface area contributed by atoms with Gasteiger partial charge in [-0.3, -0.25) is 10.1 Å². The van der Waals surface area contributed by atoms with Crippen LogP contribution < -0.4 is 5.32 Å². The Kier molecular flexibility index (Phi) is 6.12. The van der Waals surface area contributed by atoms with E-state index in [9.17, 15) is 9.59 Å². The number of aromatic nitrogens is 3. The van der Waals surface area contributed by atoms with Crippen LogP contribution in [0.3, 0.4) is 0 Å². The minimum absolute atomic E-state index is 0.356. The Bertz CT molecular complexity index is 1520. The number of hydrogen-bond donors (Lipinski definition) is 2. The number of carbonyl (C=O) groups is 2. The van der Waals surface area contributed by atoms with E-state index in [4.69, 9.17) is 4.74 Å². The molecular formula is C27H22N4O3S. The molecule has 3 aromatic carbocycles. The van der Waals surface area contributed by atoms with Gasteiger partial charge in [0.15, 0.2) is 11.7 Å². The second kappa shape index (κ2) is 9.52. The molecule has 35 heavy (non-hydrogen) atoms. The van der Waals surface area contributed by atoms with E-state index < -0.39 is 18.5 Å². The van der Waals surface area contributed by atoms with Gasteiger partial charge in [0.1, 0.15) is 5.82 Å². The molecular weight excluding hydrogens is 460 g/mol. The van der Waals surface area contributed by atoms with E-state index in [-0.39, 0.29) is 0 Å². The number of thiazole rings is 1. The molecule has 0 atom stereocenters. The van der Waals surface area contributed by atoms with Crippen LogP contribution in [0.1, 0.15) is 21.7 Å². The molecule has 0 bridgehead atoms. The monoisotopic (exact) mass is 482 g/mol. The number of amides is 1. The number of hydrogen-bond acceptors (Lipinski definition) is 6. The summed E-state index contributed by atoms with van der Waals surface area (Å²) in [6, 6.07) is 21.1. The standard InChI is InChI=1S/C27H22N4O3S/c1-16-17(2)29-25(28-16)19-8-10-20(11-9-19)26(33)34-14-24(32)31-27-30-23(15-35-27)22-12-7-18-5-3-4-6-21(18)13-22/h3-13,15H,14H2,1-2H3,(H,28,29)(H,30,31,32). The van der Waals surface area contributed by atoms with Crippen molar-refractivity contribution in [2.75, 3.05) is 11.9 Å². The summed E-state index contributed by atoms with van der Waals surface area (Å²) in [6.07, 6.45) is 0. The fourth-order valence-electron chi connectivity index (χ4n) is 3.63. The normalized spacial score (nSPS) is 10.9. The van der Waals surface area contributed by atoms with Crippen molar-refractivity contribution in [3.05, 3.63) is 89.1 Å². The molecule has 0 saturated heterocycles. The van der Waals surface area contributed by atoms with Gasteiger partial charge in [0.25, 0.3) is 5.91 Å². The molecule has 7 nitrogen and oxygen atoms in total. The average Bonchev–Trinajstić information content (AvgIpc) is 3.48. The third kappa shape index (κ3) is 4.97. The number of ether oxygens (including phenoxy) is 1. The zero-order valence-corrected chi connectivity index (χ0v) is 20.0. The molecule has 0 aliphatic heterocycles. The van der Waals surface area contributed by atoms with E-state index in [1.165, 1.54) is 11.3 Å². The number of rotatable bonds is 6. The van der Waals surface area contributed by atoms with Crippen LogP contribution in [-0.4, -0.2) is 33.4 Å². The number of nitrogens with zero attached hydrogens (tertiary/aromatic N) is 2. The maximum atomic E-state index is 12.4. The van der Waals surface area contributed by atoms with Gasteiger partial charge in [-0.2, -0.15) is 0 Å². The van der Waals surface area contributed by atoms with Crippen LogP contribution in [0.5, 0.6) is 0 Å². The molecule has 0 radical (unpaired) electrons. The van der Waals surface area contributed by atoms with Gasteiger partial charge in [-0.25, -0.2) is 14.8 Å². The molecule has 5 rings (SSSR count). The molecule has 8 heteroatoms. The van der Waals surface area contributed by atoms with Gasteiger partial charge in [-0.1, -0.05) is 48.5 Å². The Morgan fingerprint density at radius 1 is 0.943 bits per heavy atom. The Hall–Kier alpha value is -4.30. The molecule has 0 spiro atoms. The Morgan fingerprint density at radius 2 is 1.69 bits per heavy atom. The van der Waals surface area contributed by atoms with Crippen molar-refractivity contribution in [3.8, 4) is 22.6 Å². The van der Waals surface area contributed by atoms with E-state index in [1.54, 1.807) is 24.3 Å². The molecule has 0 fully saturated rings. The predicted octanol–water partition coefficient (Wildman–Crippen LogP) is 5.77. The second-order valence-electron chi connectivity index (χ2n) is 8.10. The minimum atomic E-state index is -0.575. The fraction of sp³-hybridized carbons (Fsp3) is 0.111. The van der Waals surface area contributed by atoms with Crippen LogP contribution in [0.4, 0.5) is 5.13 Å². The highest BCUT2D eigenvalue weighted by atomic mass is 32.1. The molecule has 0 aliphatic rings. The van der Waals surface area contributed by atoms with E-state index >= 15 is 0 Å². The molecule has 1 amide bonds. The largest absolute Gasteiger partial charge is 0.452 e. The smallest absolute Gasteiger partial charge is 0.338 e. The van der Waals surface area contributed by atoms with Crippen LogP contribution >= 0.6 is 11.3 Å².